The van der Waals surface area contributed by atoms with Crippen LogP contribution in [-0.2, 0) is 14.6 Å². The summed E-state index contributed by atoms with van der Waals surface area (Å²) in [5, 5.41) is 11.8. The van der Waals surface area contributed by atoms with E-state index in [1.165, 1.54) is 11.8 Å². The van der Waals surface area contributed by atoms with Crippen LogP contribution in [0.3, 0.4) is 0 Å². The molecule has 0 saturated carbocycles. The van der Waals surface area contributed by atoms with Gasteiger partial charge >= 0.3 is 12.0 Å². The number of rotatable bonds is 5. The van der Waals surface area contributed by atoms with Crippen molar-refractivity contribution >= 4 is 21.8 Å². The fourth-order valence-electron chi connectivity index (χ4n) is 2.22. The molecule has 1 rings (SSSR count). The van der Waals surface area contributed by atoms with E-state index in [-0.39, 0.29) is 18.1 Å². The van der Waals surface area contributed by atoms with Crippen LogP contribution >= 0.6 is 0 Å². The van der Waals surface area contributed by atoms with Crippen molar-refractivity contribution in [1.82, 2.24) is 10.2 Å². The average molecular weight is 306 g/mol. The van der Waals surface area contributed by atoms with Crippen molar-refractivity contribution in [3.05, 3.63) is 0 Å². The van der Waals surface area contributed by atoms with Crippen molar-refractivity contribution in [3.63, 3.8) is 0 Å². The van der Waals surface area contributed by atoms with Crippen LogP contribution in [0.2, 0.25) is 0 Å². The van der Waals surface area contributed by atoms with E-state index in [0.29, 0.717) is 13.0 Å². The molecule has 0 bridgehead atoms. The Balaban J connectivity index is 2.63. The molecule has 1 saturated heterocycles. The molecule has 2 amide bonds. The standard InChI is InChI=1S/C12H22N2O5S/c1-3-20(18,19)9-7-13-11(17)14-8-5-4-6-12(14,2)10(15)16/h3-9H2,1-2H3,(H,13,17)(H,15,16). The van der Waals surface area contributed by atoms with Gasteiger partial charge in [0.1, 0.15) is 5.54 Å². The Kier molecular flexibility index (Phi) is 5.38. The summed E-state index contributed by atoms with van der Waals surface area (Å²) >= 11 is 0. The zero-order chi connectivity index (χ0) is 15.4. The number of urea groups is 1. The van der Waals surface area contributed by atoms with Crippen molar-refractivity contribution in [2.24, 2.45) is 0 Å². The van der Waals surface area contributed by atoms with Gasteiger partial charge in [0.15, 0.2) is 9.84 Å². The molecule has 0 aliphatic carbocycles. The zero-order valence-corrected chi connectivity index (χ0v) is 12.7. The molecule has 8 heteroatoms. The smallest absolute Gasteiger partial charge is 0.329 e. The van der Waals surface area contributed by atoms with Crippen LogP contribution in [-0.4, -0.2) is 60.6 Å². The molecule has 116 valence electrons. The summed E-state index contributed by atoms with van der Waals surface area (Å²) in [6.07, 6.45) is 1.92. The fourth-order valence-corrected chi connectivity index (χ4v) is 2.92. The van der Waals surface area contributed by atoms with Crippen LogP contribution in [0.15, 0.2) is 0 Å². The number of nitrogens with zero attached hydrogens (tertiary/aromatic N) is 1. The van der Waals surface area contributed by atoms with Crippen LogP contribution < -0.4 is 5.32 Å². The van der Waals surface area contributed by atoms with Crippen molar-refractivity contribution in [2.45, 2.75) is 38.6 Å². The Labute approximate surface area is 119 Å². The first kappa shape index (κ1) is 16.7. The van der Waals surface area contributed by atoms with E-state index in [1.807, 2.05) is 0 Å². The molecule has 0 aromatic rings. The summed E-state index contributed by atoms with van der Waals surface area (Å²) in [7, 11) is -3.14. The summed E-state index contributed by atoms with van der Waals surface area (Å²) < 4.78 is 22.7. The number of amides is 2. The van der Waals surface area contributed by atoms with Gasteiger partial charge in [-0.2, -0.15) is 0 Å². The molecule has 1 unspecified atom stereocenters. The minimum atomic E-state index is -3.14. The molecule has 1 aliphatic rings. The van der Waals surface area contributed by atoms with Crippen molar-refractivity contribution in [1.29, 1.82) is 0 Å². The van der Waals surface area contributed by atoms with Gasteiger partial charge in [0.2, 0.25) is 0 Å². The van der Waals surface area contributed by atoms with Gasteiger partial charge < -0.3 is 15.3 Å². The molecule has 1 aliphatic heterocycles. The highest BCUT2D eigenvalue weighted by molar-refractivity contribution is 7.91. The van der Waals surface area contributed by atoms with E-state index in [4.69, 9.17) is 0 Å². The number of likely N-dealkylation sites (tertiary alicyclic amines) is 1. The summed E-state index contributed by atoms with van der Waals surface area (Å²) in [6.45, 7) is 3.44. The van der Waals surface area contributed by atoms with Gasteiger partial charge in [0, 0.05) is 18.8 Å². The number of piperidine rings is 1. The highest BCUT2D eigenvalue weighted by Crippen LogP contribution is 2.28. The summed E-state index contributed by atoms with van der Waals surface area (Å²) in [5.74, 6) is -1.14. The monoisotopic (exact) mass is 306 g/mol. The van der Waals surface area contributed by atoms with Crippen molar-refractivity contribution in [3.8, 4) is 0 Å². The largest absolute Gasteiger partial charge is 0.480 e. The average Bonchev–Trinajstić information content (AvgIpc) is 2.38. The molecule has 0 aromatic heterocycles. The van der Waals surface area contributed by atoms with E-state index in [2.05, 4.69) is 5.32 Å². The summed E-state index contributed by atoms with van der Waals surface area (Å²) in [4.78, 5) is 24.7. The minimum absolute atomic E-state index is 0.00120. The number of carbonyl (C=O) groups excluding carboxylic acids is 1. The first-order chi connectivity index (χ1) is 9.23. The Bertz CT molecular complexity index is 476. The Morgan fingerprint density at radius 1 is 1.35 bits per heavy atom. The molecule has 1 fully saturated rings. The molecule has 7 nitrogen and oxygen atoms in total. The molecular weight excluding hydrogens is 284 g/mol. The number of nitrogens with one attached hydrogen (secondary N) is 1. The third kappa shape index (κ3) is 3.84. The second kappa shape index (κ2) is 6.43. The molecule has 1 heterocycles. The number of hydrogen-bond donors (Lipinski definition) is 2. The van der Waals surface area contributed by atoms with Crippen LogP contribution in [0, 0.1) is 0 Å². The molecule has 2 N–H and O–H groups in total. The molecule has 0 aromatic carbocycles. The normalized spacial score (nSPS) is 23.4. The van der Waals surface area contributed by atoms with Gasteiger partial charge in [-0.15, -0.1) is 0 Å². The van der Waals surface area contributed by atoms with E-state index < -0.39 is 27.4 Å². The van der Waals surface area contributed by atoms with E-state index in [0.717, 1.165) is 12.8 Å². The lowest BCUT2D eigenvalue weighted by atomic mass is 9.89. The first-order valence-corrected chi connectivity index (χ1v) is 8.54. The Morgan fingerprint density at radius 2 is 2.00 bits per heavy atom. The third-order valence-corrected chi connectivity index (χ3v) is 5.43. The lowest BCUT2D eigenvalue weighted by Gasteiger charge is -2.41. The summed E-state index contributed by atoms with van der Waals surface area (Å²) in [6, 6.07) is -0.513. The molecule has 1 atom stereocenters. The fraction of sp³-hybridized carbons (Fsp3) is 0.833. The van der Waals surface area contributed by atoms with Gasteiger partial charge in [-0.1, -0.05) is 6.92 Å². The number of carbonyl (C=O) groups is 2. The van der Waals surface area contributed by atoms with Crippen LogP contribution in [0.5, 0.6) is 0 Å². The van der Waals surface area contributed by atoms with E-state index >= 15 is 0 Å². The SMILES string of the molecule is CCS(=O)(=O)CCNC(=O)N1CCCCC1(C)C(=O)O. The second-order valence-corrected chi connectivity index (χ2v) is 7.63. The van der Waals surface area contributed by atoms with Gasteiger partial charge in [-0.3, -0.25) is 0 Å². The number of aliphatic carboxylic acids is 1. The summed E-state index contributed by atoms with van der Waals surface area (Å²) in [5.41, 5.74) is -1.22. The number of carboxylic acids is 1. The zero-order valence-electron chi connectivity index (χ0n) is 11.9. The molecule has 0 spiro atoms. The second-order valence-electron chi connectivity index (χ2n) is 5.16. The van der Waals surface area contributed by atoms with Gasteiger partial charge in [0.25, 0.3) is 0 Å². The van der Waals surface area contributed by atoms with E-state index in [1.54, 1.807) is 6.92 Å². The topological polar surface area (TPSA) is 104 Å². The van der Waals surface area contributed by atoms with Crippen molar-refractivity contribution < 1.29 is 23.1 Å². The number of hydrogen-bond acceptors (Lipinski definition) is 4. The van der Waals surface area contributed by atoms with Crippen LogP contribution in [0.25, 0.3) is 0 Å². The van der Waals surface area contributed by atoms with Gasteiger partial charge in [0.05, 0.1) is 5.75 Å². The Hall–Kier alpha value is -1.31. The van der Waals surface area contributed by atoms with Gasteiger partial charge in [-0.05, 0) is 26.2 Å². The maximum absolute atomic E-state index is 12.0. The minimum Gasteiger partial charge on any atom is -0.480 e. The van der Waals surface area contributed by atoms with Crippen LogP contribution in [0.4, 0.5) is 4.79 Å². The predicted molar refractivity (Wildman–Crippen MR) is 74.3 cm³/mol. The maximum atomic E-state index is 12.0. The highest BCUT2D eigenvalue weighted by atomic mass is 32.2. The van der Waals surface area contributed by atoms with Crippen LogP contribution in [0.1, 0.15) is 33.1 Å². The predicted octanol–water partition coefficient (Wildman–Crippen LogP) is 0.460. The number of carboxylic acid groups (broad SMARTS) is 1. The number of sulfone groups is 1. The van der Waals surface area contributed by atoms with Crippen molar-refractivity contribution in [2.75, 3.05) is 24.6 Å². The lowest BCUT2D eigenvalue weighted by Crippen LogP contribution is -2.60. The molecule has 20 heavy (non-hydrogen) atoms. The maximum Gasteiger partial charge on any atom is 0.329 e. The molecular formula is C12H22N2O5S. The highest BCUT2D eigenvalue weighted by Gasteiger charge is 2.43. The Morgan fingerprint density at radius 3 is 2.55 bits per heavy atom. The molecule has 0 radical (unpaired) electrons. The van der Waals surface area contributed by atoms with Gasteiger partial charge in [-0.25, -0.2) is 18.0 Å². The lowest BCUT2D eigenvalue weighted by molar-refractivity contribution is -0.150. The quantitative estimate of drug-likeness (QED) is 0.768. The van der Waals surface area contributed by atoms with E-state index in [9.17, 15) is 23.1 Å². The first-order valence-electron chi connectivity index (χ1n) is 6.72. The third-order valence-electron chi connectivity index (χ3n) is 3.73.